The molecule has 0 radical (unpaired) electrons. The Bertz CT molecular complexity index is 744. The first-order valence-corrected chi connectivity index (χ1v) is 9.33. The Morgan fingerprint density at radius 1 is 1.12 bits per heavy atom. The van der Waals surface area contributed by atoms with E-state index in [4.69, 9.17) is 16.3 Å². The van der Waals surface area contributed by atoms with Crippen LogP contribution in [0.4, 0.5) is 0 Å². The Hall–Kier alpha value is -1.56. The number of amides is 1. The van der Waals surface area contributed by atoms with Crippen LogP contribution in [0.5, 0.6) is 5.75 Å². The second-order valence-corrected chi connectivity index (χ2v) is 7.33. The average molecular weight is 424 g/mol. The van der Waals surface area contributed by atoms with Crippen molar-refractivity contribution in [1.82, 2.24) is 9.80 Å². The lowest BCUT2D eigenvalue weighted by Crippen LogP contribution is -2.48. The van der Waals surface area contributed by atoms with Crippen molar-refractivity contribution in [3.05, 3.63) is 63.1 Å². The number of benzene rings is 2. The van der Waals surface area contributed by atoms with Crippen molar-refractivity contribution in [2.75, 3.05) is 33.3 Å². The highest BCUT2D eigenvalue weighted by molar-refractivity contribution is 9.10. The van der Waals surface area contributed by atoms with Gasteiger partial charge in [0, 0.05) is 43.3 Å². The van der Waals surface area contributed by atoms with E-state index in [1.165, 1.54) is 5.56 Å². The van der Waals surface area contributed by atoms with Gasteiger partial charge >= 0.3 is 0 Å². The van der Waals surface area contributed by atoms with E-state index in [0.717, 1.165) is 48.0 Å². The van der Waals surface area contributed by atoms with Crippen LogP contribution in [0.1, 0.15) is 15.9 Å². The van der Waals surface area contributed by atoms with Gasteiger partial charge in [-0.25, -0.2) is 0 Å². The van der Waals surface area contributed by atoms with Gasteiger partial charge in [-0.3, -0.25) is 9.69 Å². The van der Waals surface area contributed by atoms with Gasteiger partial charge in [0.05, 0.1) is 11.6 Å². The molecule has 1 aliphatic rings. The zero-order valence-electron chi connectivity index (χ0n) is 14.0. The third-order valence-electron chi connectivity index (χ3n) is 4.38. The van der Waals surface area contributed by atoms with E-state index in [2.05, 4.69) is 33.0 Å². The number of nitrogens with zero attached hydrogens (tertiary/aromatic N) is 2. The fourth-order valence-electron chi connectivity index (χ4n) is 2.94. The van der Waals surface area contributed by atoms with Gasteiger partial charge in [-0.05, 0) is 51.8 Å². The highest BCUT2D eigenvalue weighted by atomic mass is 79.9. The molecule has 1 saturated heterocycles. The van der Waals surface area contributed by atoms with E-state index >= 15 is 0 Å². The third kappa shape index (κ3) is 4.54. The molecule has 0 aliphatic carbocycles. The summed E-state index contributed by atoms with van der Waals surface area (Å²) in [4.78, 5) is 17.0. The van der Waals surface area contributed by atoms with Crippen molar-refractivity contribution in [3.63, 3.8) is 0 Å². The van der Waals surface area contributed by atoms with Crippen LogP contribution in [-0.4, -0.2) is 49.0 Å². The van der Waals surface area contributed by atoms with Crippen molar-refractivity contribution in [1.29, 1.82) is 0 Å². The molecule has 6 heteroatoms. The third-order valence-corrected chi connectivity index (χ3v) is 5.25. The first-order chi connectivity index (χ1) is 12.1. The van der Waals surface area contributed by atoms with Crippen LogP contribution < -0.4 is 4.74 Å². The average Bonchev–Trinajstić information content (AvgIpc) is 2.63. The highest BCUT2D eigenvalue weighted by Gasteiger charge is 2.22. The molecule has 4 nitrogen and oxygen atoms in total. The molecule has 0 spiro atoms. The molecule has 0 atom stereocenters. The van der Waals surface area contributed by atoms with E-state index in [0.29, 0.717) is 5.56 Å². The number of carbonyl (C=O) groups is 1. The van der Waals surface area contributed by atoms with Gasteiger partial charge in [0.25, 0.3) is 5.91 Å². The normalized spacial score (nSPS) is 15.2. The summed E-state index contributed by atoms with van der Waals surface area (Å²) >= 11 is 9.37. The van der Waals surface area contributed by atoms with Crippen molar-refractivity contribution < 1.29 is 9.53 Å². The van der Waals surface area contributed by atoms with Crippen molar-refractivity contribution in [3.8, 4) is 5.75 Å². The molecule has 0 saturated carbocycles. The van der Waals surface area contributed by atoms with Crippen LogP contribution >= 0.6 is 27.5 Å². The van der Waals surface area contributed by atoms with Gasteiger partial charge in [0.1, 0.15) is 5.75 Å². The van der Waals surface area contributed by atoms with E-state index in [1.807, 2.05) is 35.2 Å². The molecule has 0 aromatic heterocycles. The quantitative estimate of drug-likeness (QED) is 0.743. The lowest BCUT2D eigenvalue weighted by molar-refractivity contribution is 0.0628. The largest absolute Gasteiger partial charge is 0.496 e. The molecule has 3 rings (SSSR count). The SMILES string of the molecule is COc1ccc(C(=O)N2CCN(Cc3ccc(Cl)cc3)CC2)cc1Br. The second-order valence-electron chi connectivity index (χ2n) is 6.04. The number of hydrogen-bond acceptors (Lipinski definition) is 3. The smallest absolute Gasteiger partial charge is 0.253 e. The summed E-state index contributed by atoms with van der Waals surface area (Å²) in [6, 6.07) is 13.4. The summed E-state index contributed by atoms with van der Waals surface area (Å²) in [5.74, 6) is 0.791. The molecule has 132 valence electrons. The van der Waals surface area contributed by atoms with Crippen LogP contribution in [0.2, 0.25) is 5.02 Å². The predicted octanol–water partition coefficient (Wildman–Crippen LogP) is 4.07. The minimum atomic E-state index is 0.0643. The molecule has 1 heterocycles. The Kier molecular flexibility index (Phi) is 5.99. The Balaban J connectivity index is 1.57. The summed E-state index contributed by atoms with van der Waals surface area (Å²) in [7, 11) is 1.61. The van der Waals surface area contributed by atoms with Gasteiger partial charge < -0.3 is 9.64 Å². The van der Waals surface area contributed by atoms with Gasteiger partial charge in [-0.15, -0.1) is 0 Å². The Morgan fingerprint density at radius 2 is 1.80 bits per heavy atom. The molecule has 25 heavy (non-hydrogen) atoms. The summed E-state index contributed by atoms with van der Waals surface area (Å²) in [6.07, 6.45) is 0. The number of ether oxygens (including phenoxy) is 1. The minimum Gasteiger partial charge on any atom is -0.496 e. The van der Waals surface area contributed by atoms with Crippen molar-refractivity contribution >= 4 is 33.4 Å². The lowest BCUT2D eigenvalue weighted by Gasteiger charge is -2.34. The number of carbonyl (C=O) groups excluding carboxylic acids is 1. The number of rotatable bonds is 4. The summed E-state index contributed by atoms with van der Waals surface area (Å²) < 4.78 is 6.01. The molecular formula is C19H20BrClN2O2. The van der Waals surface area contributed by atoms with E-state index in [-0.39, 0.29) is 5.91 Å². The lowest BCUT2D eigenvalue weighted by atomic mass is 10.1. The van der Waals surface area contributed by atoms with Gasteiger partial charge in [-0.2, -0.15) is 0 Å². The fraction of sp³-hybridized carbons (Fsp3) is 0.316. The predicted molar refractivity (Wildman–Crippen MR) is 103 cm³/mol. The molecule has 0 N–H and O–H groups in total. The number of methoxy groups -OCH3 is 1. The van der Waals surface area contributed by atoms with Crippen LogP contribution in [0.25, 0.3) is 0 Å². The number of piperazine rings is 1. The summed E-state index contributed by atoms with van der Waals surface area (Å²) in [5, 5.41) is 0.754. The molecular weight excluding hydrogens is 404 g/mol. The fourth-order valence-corrected chi connectivity index (χ4v) is 3.61. The zero-order valence-corrected chi connectivity index (χ0v) is 16.4. The Morgan fingerprint density at radius 3 is 2.40 bits per heavy atom. The molecule has 1 fully saturated rings. The maximum absolute atomic E-state index is 12.7. The summed E-state index contributed by atoms with van der Waals surface area (Å²) in [5.41, 5.74) is 1.92. The molecule has 0 bridgehead atoms. The highest BCUT2D eigenvalue weighted by Crippen LogP contribution is 2.26. The van der Waals surface area contributed by atoms with Gasteiger partial charge in [0.2, 0.25) is 0 Å². The Labute approximate surface area is 161 Å². The van der Waals surface area contributed by atoms with Crippen LogP contribution in [0.3, 0.4) is 0 Å². The summed E-state index contributed by atoms with van der Waals surface area (Å²) in [6.45, 7) is 4.08. The topological polar surface area (TPSA) is 32.8 Å². The van der Waals surface area contributed by atoms with E-state index in [1.54, 1.807) is 7.11 Å². The van der Waals surface area contributed by atoms with Crippen LogP contribution in [0.15, 0.2) is 46.9 Å². The standard InChI is InChI=1S/C19H20BrClN2O2/c1-25-18-7-4-15(12-17(18)20)19(24)23-10-8-22(9-11-23)13-14-2-5-16(21)6-3-14/h2-7,12H,8-11,13H2,1H3. The molecule has 1 aliphatic heterocycles. The van der Waals surface area contributed by atoms with Crippen molar-refractivity contribution in [2.45, 2.75) is 6.54 Å². The number of hydrogen-bond donors (Lipinski definition) is 0. The molecule has 0 unspecified atom stereocenters. The molecule has 2 aromatic carbocycles. The second kappa shape index (κ2) is 8.21. The van der Waals surface area contributed by atoms with Crippen LogP contribution in [0, 0.1) is 0 Å². The maximum Gasteiger partial charge on any atom is 0.253 e. The van der Waals surface area contributed by atoms with Crippen molar-refractivity contribution in [2.24, 2.45) is 0 Å². The molecule has 1 amide bonds. The van der Waals surface area contributed by atoms with Crippen LogP contribution in [-0.2, 0) is 6.54 Å². The monoisotopic (exact) mass is 422 g/mol. The van der Waals surface area contributed by atoms with Gasteiger partial charge in [0.15, 0.2) is 0 Å². The van der Waals surface area contributed by atoms with E-state index in [9.17, 15) is 4.79 Å². The maximum atomic E-state index is 12.7. The van der Waals surface area contributed by atoms with E-state index < -0.39 is 0 Å². The first kappa shape index (κ1) is 18.2. The first-order valence-electron chi connectivity index (χ1n) is 8.16. The number of halogens is 2. The minimum absolute atomic E-state index is 0.0643. The molecule has 2 aromatic rings. The zero-order chi connectivity index (χ0) is 17.8. The van der Waals surface area contributed by atoms with Gasteiger partial charge in [-0.1, -0.05) is 23.7 Å².